The molecule has 14 heteroatoms. The molecule has 0 spiro atoms. The molecule has 2 aliphatic heterocycles. The highest BCUT2D eigenvalue weighted by Gasteiger charge is 2.40. The number of ether oxygens (including phenoxy) is 2. The van der Waals surface area contributed by atoms with Crippen LogP contribution in [-0.2, 0) is 26.2 Å². The summed E-state index contributed by atoms with van der Waals surface area (Å²) in [6.45, 7) is 7.10. The Balaban J connectivity index is 1.46. The maximum Gasteiger partial charge on any atom is 0.573 e. The van der Waals surface area contributed by atoms with Gasteiger partial charge in [0.25, 0.3) is 0 Å². The summed E-state index contributed by atoms with van der Waals surface area (Å²) in [6.07, 6.45) is -4.88. The van der Waals surface area contributed by atoms with Crippen molar-refractivity contribution < 1.29 is 40.7 Å². The molecule has 2 aromatic rings. The summed E-state index contributed by atoms with van der Waals surface area (Å²) in [5, 5.41) is 8.89. The van der Waals surface area contributed by atoms with Crippen molar-refractivity contribution in [3.05, 3.63) is 53.6 Å². The topological polar surface area (TPSA) is 126 Å². The van der Waals surface area contributed by atoms with Crippen LogP contribution in [0.5, 0.6) is 11.5 Å². The zero-order chi connectivity index (χ0) is 30.0. The summed E-state index contributed by atoms with van der Waals surface area (Å²) in [6, 6.07) is 7.68. The number of nitrogens with zero attached hydrogens (tertiary/aromatic N) is 1. The number of benzene rings is 2. The zero-order valence-corrected chi connectivity index (χ0v) is 23.7. The molecule has 3 N–H and O–H groups in total. The van der Waals surface area contributed by atoms with E-state index in [0.717, 1.165) is 39.7 Å². The van der Waals surface area contributed by atoms with Crippen LogP contribution in [0.25, 0.3) is 0 Å². The number of piperazine rings is 1. The van der Waals surface area contributed by atoms with Crippen LogP contribution in [0, 0.1) is 0 Å². The maximum atomic E-state index is 13.4. The molecule has 0 bridgehead atoms. The molecular formula is C27H33F3N4O6S. The van der Waals surface area contributed by atoms with E-state index < -0.39 is 52.5 Å². The molecule has 2 aliphatic rings. The first-order valence-corrected chi connectivity index (χ1v) is 14.5. The second-order valence-corrected chi connectivity index (χ2v) is 12.8. The summed E-state index contributed by atoms with van der Waals surface area (Å²) >= 11 is 0. The number of carbonyl (C=O) groups excluding carboxylic acids is 2. The minimum atomic E-state index is -4.93. The van der Waals surface area contributed by atoms with Gasteiger partial charge in [-0.3, -0.25) is 9.59 Å². The van der Waals surface area contributed by atoms with E-state index in [2.05, 4.69) is 41.5 Å². The maximum absolute atomic E-state index is 13.4. The van der Waals surface area contributed by atoms with E-state index in [1.54, 1.807) is 0 Å². The summed E-state index contributed by atoms with van der Waals surface area (Å²) in [5.41, 5.74) is 1.73. The third kappa shape index (κ3) is 7.89. The van der Waals surface area contributed by atoms with Crippen molar-refractivity contribution in [1.29, 1.82) is 0 Å². The molecule has 2 amide bonds. The molecule has 4 rings (SSSR count). The minimum Gasteiger partial charge on any atom is -0.493 e. The van der Waals surface area contributed by atoms with Gasteiger partial charge in [-0.05, 0) is 56.7 Å². The molecule has 0 unspecified atom stereocenters. The molecule has 0 radical (unpaired) electrons. The van der Waals surface area contributed by atoms with E-state index in [9.17, 15) is 31.2 Å². The standard InChI is InChI=1S/C27H33F3N4O6S/c1-26(2,3)32-16-17-4-9-20-21(10-13-39-23(20)14-17)33-24(35)15-22-25(36)31-11-12-34(22)41(37,38)19-7-5-18(6-8-19)40-27(28,29)30/h4-9,14,21-22,32H,10-13,15-16H2,1-3H3,(H,31,36)(H,33,35)/t21-,22-/m1/s1. The van der Waals surface area contributed by atoms with E-state index in [0.29, 0.717) is 25.3 Å². The Morgan fingerprint density at radius 1 is 1.15 bits per heavy atom. The second kappa shape index (κ2) is 11.9. The zero-order valence-electron chi connectivity index (χ0n) is 22.9. The SMILES string of the molecule is CC(C)(C)NCc1ccc2c(c1)OCC[C@H]2NC(=O)C[C@@H]1C(=O)NCCN1S(=O)(=O)c1ccc(OC(F)(F)F)cc1. The van der Waals surface area contributed by atoms with Crippen molar-refractivity contribution in [2.45, 2.75) is 69.0 Å². The number of hydrogen-bond donors (Lipinski definition) is 3. The monoisotopic (exact) mass is 598 g/mol. The average Bonchev–Trinajstić information content (AvgIpc) is 2.87. The third-order valence-corrected chi connectivity index (χ3v) is 8.52. The molecular weight excluding hydrogens is 565 g/mol. The normalized spacial score (nSPS) is 20.0. The molecule has 1 fully saturated rings. The van der Waals surface area contributed by atoms with Crippen molar-refractivity contribution >= 4 is 21.8 Å². The van der Waals surface area contributed by atoms with Gasteiger partial charge in [0.05, 0.1) is 24.0 Å². The average molecular weight is 599 g/mol. The first-order chi connectivity index (χ1) is 19.1. The van der Waals surface area contributed by atoms with Gasteiger partial charge in [0.2, 0.25) is 21.8 Å². The predicted molar refractivity (Wildman–Crippen MR) is 142 cm³/mol. The fourth-order valence-corrected chi connectivity index (χ4v) is 6.20. The Bertz CT molecular complexity index is 1380. The first kappa shape index (κ1) is 30.6. The van der Waals surface area contributed by atoms with Crippen molar-refractivity contribution in [3.63, 3.8) is 0 Å². The number of amides is 2. The highest BCUT2D eigenvalue weighted by molar-refractivity contribution is 7.89. The number of fused-ring (bicyclic) bond motifs is 1. The van der Waals surface area contributed by atoms with Crippen molar-refractivity contribution in [3.8, 4) is 11.5 Å². The summed E-state index contributed by atoms with van der Waals surface area (Å²) < 4.78 is 74.7. The number of nitrogens with one attached hydrogen (secondary N) is 3. The molecule has 10 nitrogen and oxygen atoms in total. The Kier molecular flexibility index (Phi) is 8.85. The Hall–Kier alpha value is -3.36. The second-order valence-electron chi connectivity index (χ2n) is 10.9. The lowest BCUT2D eigenvalue weighted by Crippen LogP contribution is -2.58. The fourth-order valence-electron chi connectivity index (χ4n) is 4.61. The molecule has 224 valence electrons. The number of halogens is 3. The van der Waals surface area contributed by atoms with Crippen LogP contribution in [0.15, 0.2) is 47.4 Å². The van der Waals surface area contributed by atoms with Crippen molar-refractivity contribution in [1.82, 2.24) is 20.3 Å². The number of sulfonamides is 1. The molecule has 0 saturated carbocycles. The van der Waals surface area contributed by atoms with Gasteiger partial charge in [-0.25, -0.2) is 8.42 Å². The van der Waals surface area contributed by atoms with E-state index in [1.807, 2.05) is 18.2 Å². The molecule has 0 aliphatic carbocycles. The Morgan fingerprint density at radius 3 is 2.51 bits per heavy atom. The Labute approximate surface area is 236 Å². The van der Waals surface area contributed by atoms with Gasteiger partial charge in [-0.1, -0.05) is 12.1 Å². The number of rotatable bonds is 8. The van der Waals surface area contributed by atoms with Gasteiger partial charge < -0.3 is 25.4 Å². The quantitative estimate of drug-likeness (QED) is 0.427. The summed E-state index contributed by atoms with van der Waals surface area (Å²) in [4.78, 5) is 25.5. The van der Waals surface area contributed by atoms with E-state index in [1.165, 1.54) is 0 Å². The molecule has 2 atom stereocenters. The minimum absolute atomic E-state index is 0.0190. The summed E-state index contributed by atoms with van der Waals surface area (Å²) in [5.74, 6) is -1.11. The number of hydrogen-bond acceptors (Lipinski definition) is 7. The molecule has 0 aromatic heterocycles. The van der Waals surface area contributed by atoms with Crippen LogP contribution in [0.4, 0.5) is 13.2 Å². The third-order valence-electron chi connectivity index (χ3n) is 6.60. The molecule has 2 aromatic carbocycles. The van der Waals surface area contributed by atoms with E-state index in [-0.39, 0.29) is 23.5 Å². The lowest BCUT2D eigenvalue weighted by atomic mass is 9.98. The van der Waals surface area contributed by atoms with Crippen LogP contribution in [-0.4, -0.2) is 62.2 Å². The Morgan fingerprint density at radius 2 is 1.85 bits per heavy atom. The van der Waals surface area contributed by atoms with Crippen molar-refractivity contribution in [2.75, 3.05) is 19.7 Å². The molecule has 2 heterocycles. The largest absolute Gasteiger partial charge is 0.573 e. The lowest BCUT2D eigenvalue weighted by Gasteiger charge is -2.34. The number of alkyl halides is 3. The van der Waals surface area contributed by atoms with E-state index >= 15 is 0 Å². The van der Waals surface area contributed by atoms with Gasteiger partial charge >= 0.3 is 6.36 Å². The van der Waals surface area contributed by atoms with Gasteiger partial charge in [0.1, 0.15) is 17.5 Å². The lowest BCUT2D eigenvalue weighted by molar-refractivity contribution is -0.274. The van der Waals surface area contributed by atoms with Gasteiger partial charge in [0, 0.05) is 37.2 Å². The van der Waals surface area contributed by atoms with Crippen LogP contribution in [0.2, 0.25) is 0 Å². The fraction of sp³-hybridized carbons (Fsp3) is 0.481. The predicted octanol–water partition coefficient (Wildman–Crippen LogP) is 2.99. The molecule has 1 saturated heterocycles. The first-order valence-electron chi connectivity index (χ1n) is 13.1. The van der Waals surface area contributed by atoms with Gasteiger partial charge in [-0.2, -0.15) is 4.31 Å². The van der Waals surface area contributed by atoms with Gasteiger partial charge in [0.15, 0.2) is 0 Å². The highest BCUT2D eigenvalue weighted by Crippen LogP contribution is 2.33. The molecule has 41 heavy (non-hydrogen) atoms. The highest BCUT2D eigenvalue weighted by atomic mass is 32.2. The van der Waals surface area contributed by atoms with Crippen LogP contribution < -0.4 is 25.4 Å². The van der Waals surface area contributed by atoms with E-state index in [4.69, 9.17) is 4.74 Å². The summed E-state index contributed by atoms with van der Waals surface area (Å²) in [7, 11) is -4.32. The van der Waals surface area contributed by atoms with Crippen LogP contribution in [0.3, 0.4) is 0 Å². The van der Waals surface area contributed by atoms with Gasteiger partial charge in [-0.15, -0.1) is 13.2 Å². The van der Waals surface area contributed by atoms with Crippen LogP contribution in [0.1, 0.15) is 50.8 Å². The van der Waals surface area contributed by atoms with Crippen LogP contribution >= 0.6 is 0 Å². The van der Waals surface area contributed by atoms with Crippen molar-refractivity contribution in [2.24, 2.45) is 0 Å². The number of carbonyl (C=O) groups is 2. The smallest absolute Gasteiger partial charge is 0.493 e.